The highest BCUT2D eigenvalue weighted by atomic mass is 16.5. The SMILES string of the molecule is CCn1nc(C(=O)OC)c2c1CCNC2. The van der Waals surface area contributed by atoms with E-state index in [1.54, 1.807) is 0 Å². The molecule has 0 aliphatic carbocycles. The van der Waals surface area contributed by atoms with Gasteiger partial charge in [-0.3, -0.25) is 4.68 Å². The largest absolute Gasteiger partial charge is 0.464 e. The highest BCUT2D eigenvalue weighted by Gasteiger charge is 2.24. The highest BCUT2D eigenvalue weighted by Crippen LogP contribution is 2.18. The molecule has 0 aromatic carbocycles. The lowest BCUT2D eigenvalue weighted by atomic mass is 10.1. The molecule has 5 nitrogen and oxygen atoms in total. The molecule has 0 bridgehead atoms. The van der Waals surface area contributed by atoms with Crippen LogP contribution in [0.1, 0.15) is 28.7 Å². The van der Waals surface area contributed by atoms with Crippen LogP contribution in [0.5, 0.6) is 0 Å². The van der Waals surface area contributed by atoms with E-state index in [-0.39, 0.29) is 5.97 Å². The monoisotopic (exact) mass is 209 g/mol. The van der Waals surface area contributed by atoms with E-state index < -0.39 is 0 Å². The Hall–Kier alpha value is -1.36. The van der Waals surface area contributed by atoms with Gasteiger partial charge >= 0.3 is 5.97 Å². The van der Waals surface area contributed by atoms with Gasteiger partial charge in [-0.1, -0.05) is 0 Å². The van der Waals surface area contributed by atoms with E-state index in [0.29, 0.717) is 12.2 Å². The molecule has 0 atom stereocenters. The van der Waals surface area contributed by atoms with Gasteiger partial charge in [-0.25, -0.2) is 4.79 Å². The van der Waals surface area contributed by atoms with Crippen LogP contribution in [-0.2, 0) is 24.2 Å². The summed E-state index contributed by atoms with van der Waals surface area (Å²) in [6.07, 6.45) is 0.924. The van der Waals surface area contributed by atoms with E-state index >= 15 is 0 Å². The minimum Gasteiger partial charge on any atom is -0.464 e. The van der Waals surface area contributed by atoms with E-state index in [4.69, 9.17) is 4.74 Å². The molecule has 1 aliphatic rings. The third kappa shape index (κ3) is 1.63. The number of hydrogen-bond acceptors (Lipinski definition) is 4. The maximum absolute atomic E-state index is 11.5. The second-order valence-corrected chi connectivity index (χ2v) is 3.51. The normalized spacial score (nSPS) is 14.8. The van der Waals surface area contributed by atoms with Crippen LogP contribution < -0.4 is 5.32 Å². The molecule has 15 heavy (non-hydrogen) atoms. The molecule has 2 heterocycles. The van der Waals surface area contributed by atoms with Gasteiger partial charge in [-0.05, 0) is 6.92 Å². The molecule has 0 fully saturated rings. The lowest BCUT2D eigenvalue weighted by molar-refractivity contribution is 0.0591. The Balaban J connectivity index is 2.46. The second kappa shape index (κ2) is 4.02. The minimum atomic E-state index is -0.345. The topological polar surface area (TPSA) is 56.2 Å². The molecule has 0 radical (unpaired) electrons. The number of ether oxygens (including phenoxy) is 1. The summed E-state index contributed by atoms with van der Waals surface area (Å²) in [6.45, 7) is 4.47. The van der Waals surface area contributed by atoms with Gasteiger partial charge in [-0.2, -0.15) is 5.10 Å². The number of esters is 1. The quantitative estimate of drug-likeness (QED) is 0.713. The maximum atomic E-state index is 11.5. The zero-order valence-corrected chi connectivity index (χ0v) is 9.04. The van der Waals surface area contributed by atoms with Crippen LogP contribution in [0.15, 0.2) is 0 Å². The van der Waals surface area contributed by atoms with Crippen molar-refractivity contribution in [3.63, 3.8) is 0 Å². The van der Waals surface area contributed by atoms with Gasteiger partial charge in [0, 0.05) is 37.3 Å². The van der Waals surface area contributed by atoms with Crippen molar-refractivity contribution in [2.75, 3.05) is 13.7 Å². The Labute approximate surface area is 88.4 Å². The number of methoxy groups -OCH3 is 1. The molecule has 1 aromatic heterocycles. The third-order valence-electron chi connectivity index (χ3n) is 2.69. The van der Waals surface area contributed by atoms with Gasteiger partial charge in [0.2, 0.25) is 0 Å². The molecule has 0 amide bonds. The maximum Gasteiger partial charge on any atom is 0.358 e. The zero-order valence-electron chi connectivity index (χ0n) is 9.04. The highest BCUT2D eigenvalue weighted by molar-refractivity contribution is 5.89. The Morgan fingerprint density at radius 1 is 1.67 bits per heavy atom. The van der Waals surface area contributed by atoms with Crippen molar-refractivity contribution < 1.29 is 9.53 Å². The first-order valence-electron chi connectivity index (χ1n) is 5.15. The predicted octanol–water partition coefficient (Wildman–Crippen LogP) is 0.335. The van der Waals surface area contributed by atoms with Crippen LogP contribution in [-0.4, -0.2) is 29.4 Å². The van der Waals surface area contributed by atoms with Crippen molar-refractivity contribution in [1.29, 1.82) is 0 Å². The summed E-state index contributed by atoms with van der Waals surface area (Å²) in [6, 6.07) is 0. The number of hydrogen-bond donors (Lipinski definition) is 1. The number of nitrogens with one attached hydrogen (secondary N) is 1. The number of aryl methyl sites for hydroxylation is 1. The molecule has 2 rings (SSSR count). The summed E-state index contributed by atoms with van der Waals surface area (Å²) in [4.78, 5) is 11.5. The van der Waals surface area contributed by atoms with Crippen molar-refractivity contribution in [3.05, 3.63) is 17.0 Å². The molecule has 0 spiro atoms. The Morgan fingerprint density at radius 2 is 2.47 bits per heavy atom. The number of carbonyl (C=O) groups excluding carboxylic acids is 1. The van der Waals surface area contributed by atoms with Gasteiger partial charge in [-0.15, -0.1) is 0 Å². The second-order valence-electron chi connectivity index (χ2n) is 3.51. The van der Waals surface area contributed by atoms with E-state index in [1.807, 2.05) is 11.6 Å². The fourth-order valence-corrected chi connectivity index (χ4v) is 1.94. The summed E-state index contributed by atoms with van der Waals surface area (Å²) in [5.41, 5.74) is 2.62. The Morgan fingerprint density at radius 3 is 3.13 bits per heavy atom. The molecule has 1 N–H and O–H groups in total. The molecule has 1 aromatic rings. The van der Waals surface area contributed by atoms with Crippen LogP contribution in [0, 0.1) is 0 Å². The van der Waals surface area contributed by atoms with Crippen molar-refractivity contribution >= 4 is 5.97 Å². The summed E-state index contributed by atoms with van der Waals surface area (Å²) >= 11 is 0. The number of rotatable bonds is 2. The van der Waals surface area contributed by atoms with Crippen LogP contribution in [0.4, 0.5) is 0 Å². The number of aromatic nitrogens is 2. The molecule has 0 unspecified atom stereocenters. The van der Waals surface area contributed by atoms with Crippen LogP contribution in [0.25, 0.3) is 0 Å². The molecule has 0 saturated carbocycles. The molecule has 0 saturated heterocycles. The van der Waals surface area contributed by atoms with Crippen LogP contribution >= 0.6 is 0 Å². The number of carbonyl (C=O) groups is 1. The minimum absolute atomic E-state index is 0.345. The summed E-state index contributed by atoms with van der Waals surface area (Å²) in [7, 11) is 1.38. The molecular formula is C10H15N3O2. The first-order valence-corrected chi connectivity index (χ1v) is 5.15. The van der Waals surface area contributed by atoms with Gasteiger partial charge in [0.05, 0.1) is 7.11 Å². The van der Waals surface area contributed by atoms with Crippen molar-refractivity contribution in [3.8, 4) is 0 Å². The van der Waals surface area contributed by atoms with E-state index in [0.717, 1.165) is 30.8 Å². The van der Waals surface area contributed by atoms with Crippen molar-refractivity contribution in [1.82, 2.24) is 15.1 Å². The fraction of sp³-hybridized carbons (Fsp3) is 0.600. The first-order chi connectivity index (χ1) is 7.27. The smallest absolute Gasteiger partial charge is 0.358 e. The lowest BCUT2D eigenvalue weighted by Crippen LogP contribution is -2.25. The van der Waals surface area contributed by atoms with E-state index in [1.165, 1.54) is 7.11 Å². The Kier molecular flexibility index (Phi) is 2.73. The van der Waals surface area contributed by atoms with Gasteiger partial charge in [0.1, 0.15) is 0 Å². The van der Waals surface area contributed by atoms with E-state index in [2.05, 4.69) is 10.4 Å². The van der Waals surface area contributed by atoms with Crippen LogP contribution in [0.3, 0.4) is 0 Å². The first kappa shape index (κ1) is 10.2. The summed E-state index contributed by atoms with van der Waals surface area (Å²) < 4.78 is 6.61. The molecule has 82 valence electrons. The average molecular weight is 209 g/mol. The van der Waals surface area contributed by atoms with E-state index in [9.17, 15) is 4.79 Å². The standard InChI is InChI=1S/C10H15N3O2/c1-3-13-8-4-5-11-6-7(8)9(12-13)10(14)15-2/h11H,3-6H2,1-2H3. The summed E-state index contributed by atoms with van der Waals surface area (Å²) in [5.74, 6) is -0.345. The lowest BCUT2D eigenvalue weighted by Gasteiger charge is -2.14. The zero-order chi connectivity index (χ0) is 10.8. The average Bonchev–Trinajstić information content (AvgIpc) is 2.67. The molecular weight excluding hydrogens is 194 g/mol. The molecule has 1 aliphatic heterocycles. The predicted molar refractivity (Wildman–Crippen MR) is 54.7 cm³/mol. The number of fused-ring (bicyclic) bond motifs is 1. The van der Waals surface area contributed by atoms with Crippen LogP contribution in [0.2, 0.25) is 0 Å². The van der Waals surface area contributed by atoms with Crippen molar-refractivity contribution in [2.45, 2.75) is 26.4 Å². The van der Waals surface area contributed by atoms with Gasteiger partial charge < -0.3 is 10.1 Å². The summed E-state index contributed by atoms with van der Waals surface area (Å²) in [5, 5.41) is 7.52. The fourth-order valence-electron chi connectivity index (χ4n) is 1.94. The van der Waals surface area contributed by atoms with Gasteiger partial charge in [0.15, 0.2) is 5.69 Å². The third-order valence-corrected chi connectivity index (χ3v) is 2.69. The number of nitrogens with zero attached hydrogens (tertiary/aromatic N) is 2. The van der Waals surface area contributed by atoms with Crippen molar-refractivity contribution in [2.24, 2.45) is 0 Å². The van der Waals surface area contributed by atoms with Gasteiger partial charge in [0.25, 0.3) is 0 Å². The Bertz CT molecular complexity index is 384. The molecule has 5 heteroatoms.